The fourth-order valence-electron chi connectivity index (χ4n) is 0.597. The number of rotatable bonds is 6. The Morgan fingerprint density at radius 1 is 1.45 bits per heavy atom. The second kappa shape index (κ2) is 5.86. The van der Waals surface area contributed by atoms with Crippen LogP contribution in [0.2, 0.25) is 0 Å². The maximum atomic E-state index is 5.72. The summed E-state index contributed by atoms with van der Waals surface area (Å²) < 4.78 is 5.35. The third-order valence-corrected chi connectivity index (χ3v) is 1.91. The molecule has 3 heteroatoms. The van der Waals surface area contributed by atoms with Gasteiger partial charge >= 0.3 is 0 Å². The van der Waals surface area contributed by atoms with Gasteiger partial charge < -0.3 is 10.5 Å². The Hall–Kier alpha value is 0.270. The van der Waals surface area contributed by atoms with E-state index in [1.807, 2.05) is 25.6 Å². The van der Waals surface area contributed by atoms with Crippen molar-refractivity contribution >= 4 is 11.8 Å². The van der Waals surface area contributed by atoms with Crippen molar-refractivity contribution in [1.82, 2.24) is 0 Å². The van der Waals surface area contributed by atoms with Crippen molar-refractivity contribution in [2.24, 2.45) is 5.73 Å². The lowest BCUT2D eigenvalue weighted by Crippen LogP contribution is -2.37. The minimum absolute atomic E-state index is 0.184. The first-order valence-corrected chi connectivity index (χ1v) is 5.16. The molecule has 0 aliphatic carbocycles. The largest absolute Gasteiger partial charge is 0.379 e. The zero-order valence-electron chi connectivity index (χ0n) is 7.72. The molecule has 11 heavy (non-hydrogen) atoms. The minimum Gasteiger partial charge on any atom is -0.379 e. The van der Waals surface area contributed by atoms with Crippen LogP contribution in [0.25, 0.3) is 0 Å². The van der Waals surface area contributed by atoms with Crippen LogP contribution in [0.3, 0.4) is 0 Å². The Morgan fingerprint density at radius 3 is 2.55 bits per heavy atom. The zero-order valence-corrected chi connectivity index (χ0v) is 8.54. The molecule has 0 aromatic carbocycles. The third kappa shape index (κ3) is 10.3. The van der Waals surface area contributed by atoms with Gasteiger partial charge in [0.2, 0.25) is 0 Å². The summed E-state index contributed by atoms with van der Waals surface area (Å²) in [5.74, 6) is 2.24. The average Bonchev–Trinajstić information content (AvgIpc) is 1.85. The van der Waals surface area contributed by atoms with E-state index in [1.54, 1.807) is 0 Å². The van der Waals surface area contributed by atoms with Crippen molar-refractivity contribution in [3.05, 3.63) is 0 Å². The van der Waals surface area contributed by atoms with Gasteiger partial charge in [-0.05, 0) is 19.6 Å². The number of ether oxygens (including phenoxy) is 1. The van der Waals surface area contributed by atoms with Gasteiger partial charge in [-0.25, -0.2) is 0 Å². The Balaban J connectivity index is 3.02. The topological polar surface area (TPSA) is 35.2 Å². The van der Waals surface area contributed by atoms with Gasteiger partial charge in [0.05, 0.1) is 13.2 Å². The van der Waals surface area contributed by atoms with Crippen LogP contribution in [-0.4, -0.2) is 30.3 Å². The monoisotopic (exact) mass is 177 g/mol. The van der Waals surface area contributed by atoms with E-state index in [-0.39, 0.29) is 5.54 Å². The number of hydrogen-bond acceptors (Lipinski definition) is 3. The van der Waals surface area contributed by atoms with Crippen molar-refractivity contribution in [3.8, 4) is 0 Å². The molecule has 0 radical (unpaired) electrons. The number of nitrogens with two attached hydrogens (primary N) is 1. The molecule has 0 saturated carbocycles. The van der Waals surface area contributed by atoms with Gasteiger partial charge in [-0.3, -0.25) is 0 Å². The Kier molecular flexibility index (Phi) is 6.01. The van der Waals surface area contributed by atoms with Crippen LogP contribution in [0.4, 0.5) is 0 Å². The summed E-state index contributed by atoms with van der Waals surface area (Å²) >= 11 is 1.89. The van der Waals surface area contributed by atoms with Gasteiger partial charge in [-0.15, -0.1) is 0 Å². The zero-order chi connectivity index (χ0) is 8.74. The summed E-state index contributed by atoms with van der Waals surface area (Å²) in [7, 11) is 0. The summed E-state index contributed by atoms with van der Waals surface area (Å²) in [5, 5.41) is 0. The van der Waals surface area contributed by atoms with E-state index in [0.717, 1.165) is 18.1 Å². The Morgan fingerprint density at radius 2 is 2.09 bits per heavy atom. The van der Waals surface area contributed by atoms with E-state index >= 15 is 0 Å². The molecule has 0 aromatic rings. The number of hydrogen-bond donors (Lipinski definition) is 1. The predicted octanol–water partition coefficient (Wildman–Crippen LogP) is 1.49. The second-order valence-electron chi connectivity index (χ2n) is 3.24. The summed E-state index contributed by atoms with van der Waals surface area (Å²) in [6, 6.07) is 0. The quantitative estimate of drug-likeness (QED) is 0.624. The van der Waals surface area contributed by atoms with Gasteiger partial charge in [0.25, 0.3) is 0 Å². The molecule has 0 heterocycles. The van der Waals surface area contributed by atoms with E-state index in [2.05, 4.69) is 6.92 Å². The van der Waals surface area contributed by atoms with Gasteiger partial charge in [0.15, 0.2) is 0 Å². The average molecular weight is 177 g/mol. The molecule has 0 aromatic heterocycles. The molecule has 0 amide bonds. The van der Waals surface area contributed by atoms with E-state index in [9.17, 15) is 0 Å². The molecule has 0 unspecified atom stereocenters. The normalized spacial score (nSPS) is 12.0. The summed E-state index contributed by atoms with van der Waals surface area (Å²) in [6.07, 6.45) is 0. The van der Waals surface area contributed by atoms with Crippen LogP contribution in [0.15, 0.2) is 0 Å². The molecule has 2 N–H and O–H groups in total. The highest BCUT2D eigenvalue weighted by Gasteiger charge is 2.09. The van der Waals surface area contributed by atoms with E-state index in [0.29, 0.717) is 6.61 Å². The highest BCUT2D eigenvalue weighted by Crippen LogP contribution is 2.00. The van der Waals surface area contributed by atoms with Crippen molar-refractivity contribution in [2.45, 2.75) is 26.3 Å². The first-order chi connectivity index (χ1) is 5.06. The smallest absolute Gasteiger partial charge is 0.0641 e. The highest BCUT2D eigenvalue weighted by molar-refractivity contribution is 7.99. The number of thioether (sulfide) groups is 1. The van der Waals surface area contributed by atoms with Crippen molar-refractivity contribution in [1.29, 1.82) is 0 Å². The molecular formula is C8H19NOS. The van der Waals surface area contributed by atoms with Crippen molar-refractivity contribution < 1.29 is 4.74 Å². The van der Waals surface area contributed by atoms with Crippen LogP contribution in [-0.2, 0) is 4.74 Å². The molecule has 0 bridgehead atoms. The molecule has 0 saturated heterocycles. The van der Waals surface area contributed by atoms with Gasteiger partial charge in [-0.1, -0.05) is 6.92 Å². The fraction of sp³-hybridized carbons (Fsp3) is 1.00. The van der Waals surface area contributed by atoms with Crippen LogP contribution >= 0.6 is 11.8 Å². The lowest BCUT2D eigenvalue weighted by molar-refractivity contribution is 0.110. The first-order valence-electron chi connectivity index (χ1n) is 4.00. The summed E-state index contributed by atoms with van der Waals surface area (Å²) in [4.78, 5) is 0. The van der Waals surface area contributed by atoms with E-state index in [1.165, 1.54) is 0 Å². The standard InChI is InChI=1S/C8H19NOS/c1-4-11-6-5-10-7-8(2,3)9/h4-7,9H2,1-3H3. The second-order valence-corrected chi connectivity index (χ2v) is 4.63. The third-order valence-electron chi connectivity index (χ3n) is 1.05. The van der Waals surface area contributed by atoms with Gasteiger partial charge in [0.1, 0.15) is 0 Å². The van der Waals surface area contributed by atoms with Crippen molar-refractivity contribution in [2.75, 3.05) is 24.7 Å². The van der Waals surface area contributed by atoms with Crippen LogP contribution in [0.1, 0.15) is 20.8 Å². The van der Waals surface area contributed by atoms with Gasteiger partial charge in [-0.2, -0.15) is 11.8 Å². The Bertz CT molecular complexity index is 90.6. The molecular weight excluding hydrogens is 158 g/mol. The molecule has 0 fully saturated rings. The summed E-state index contributed by atoms with van der Waals surface area (Å²) in [6.45, 7) is 7.56. The molecule has 0 rings (SSSR count). The lowest BCUT2D eigenvalue weighted by atomic mass is 10.1. The van der Waals surface area contributed by atoms with Crippen molar-refractivity contribution in [3.63, 3.8) is 0 Å². The maximum absolute atomic E-state index is 5.72. The van der Waals surface area contributed by atoms with E-state index in [4.69, 9.17) is 10.5 Å². The fourth-order valence-corrected chi connectivity index (χ4v) is 1.12. The van der Waals surface area contributed by atoms with E-state index < -0.39 is 0 Å². The van der Waals surface area contributed by atoms with Crippen LogP contribution in [0, 0.1) is 0 Å². The first kappa shape index (κ1) is 11.3. The molecule has 0 aliphatic heterocycles. The summed E-state index contributed by atoms with van der Waals surface area (Å²) in [5.41, 5.74) is 5.53. The highest BCUT2D eigenvalue weighted by atomic mass is 32.2. The molecule has 0 atom stereocenters. The van der Waals surface area contributed by atoms with Gasteiger partial charge in [0, 0.05) is 11.3 Å². The molecule has 0 aliphatic rings. The minimum atomic E-state index is -0.184. The molecule has 68 valence electrons. The predicted molar refractivity (Wildman–Crippen MR) is 52.1 cm³/mol. The molecule has 0 spiro atoms. The van der Waals surface area contributed by atoms with Crippen LogP contribution < -0.4 is 5.73 Å². The van der Waals surface area contributed by atoms with Crippen LogP contribution in [0.5, 0.6) is 0 Å². The Labute approximate surface area is 73.9 Å². The molecule has 2 nitrogen and oxygen atoms in total. The SMILES string of the molecule is CCSCCOCC(C)(C)N. The lowest BCUT2D eigenvalue weighted by Gasteiger charge is -2.17. The maximum Gasteiger partial charge on any atom is 0.0641 e.